The Bertz CT molecular complexity index is 1070. The maximum Gasteiger partial charge on any atom is 0.251 e. The third-order valence-electron chi connectivity index (χ3n) is 4.92. The van der Waals surface area contributed by atoms with Crippen LogP contribution in [0.25, 0.3) is 0 Å². The van der Waals surface area contributed by atoms with Gasteiger partial charge in [-0.1, -0.05) is 67.6 Å². The zero-order valence-corrected chi connectivity index (χ0v) is 18.0. The van der Waals surface area contributed by atoms with Crippen LogP contribution in [0.2, 0.25) is 0 Å². The van der Waals surface area contributed by atoms with Gasteiger partial charge in [0.25, 0.3) is 5.91 Å². The Kier molecular flexibility index (Phi) is 6.90. The van der Waals surface area contributed by atoms with Gasteiger partial charge in [-0.25, -0.2) is 8.42 Å². The Hall–Kier alpha value is -3.12. The van der Waals surface area contributed by atoms with Crippen LogP contribution >= 0.6 is 0 Å². The molecule has 0 saturated heterocycles. The van der Waals surface area contributed by atoms with Gasteiger partial charge < -0.3 is 5.32 Å². The number of carbonyl (C=O) groups is 1. The van der Waals surface area contributed by atoms with Crippen molar-refractivity contribution in [2.45, 2.75) is 19.4 Å². The summed E-state index contributed by atoms with van der Waals surface area (Å²) in [6.45, 7) is 2.82. The summed E-state index contributed by atoms with van der Waals surface area (Å²) >= 11 is 0. The molecule has 0 unspecified atom stereocenters. The Morgan fingerprint density at radius 1 is 0.900 bits per heavy atom. The number of amides is 1. The number of hydrogen-bond acceptors (Lipinski definition) is 3. The summed E-state index contributed by atoms with van der Waals surface area (Å²) in [6, 6.07) is 26.1. The van der Waals surface area contributed by atoms with Gasteiger partial charge in [0.15, 0.2) is 0 Å². The molecule has 0 saturated carbocycles. The van der Waals surface area contributed by atoms with Gasteiger partial charge in [-0.3, -0.25) is 9.10 Å². The fourth-order valence-corrected chi connectivity index (χ4v) is 4.06. The lowest BCUT2D eigenvalue weighted by atomic mass is 10.0. The van der Waals surface area contributed by atoms with E-state index in [0.717, 1.165) is 11.1 Å². The molecule has 0 aromatic heterocycles. The zero-order chi connectivity index (χ0) is 21.6. The Balaban J connectivity index is 1.68. The lowest BCUT2D eigenvalue weighted by Gasteiger charge is -2.22. The number of sulfonamides is 1. The van der Waals surface area contributed by atoms with Gasteiger partial charge in [-0.2, -0.15) is 0 Å². The van der Waals surface area contributed by atoms with Crippen LogP contribution in [0.5, 0.6) is 0 Å². The van der Waals surface area contributed by atoms with Gasteiger partial charge in [0.2, 0.25) is 10.0 Å². The first-order valence-electron chi connectivity index (χ1n) is 9.79. The Labute approximate surface area is 178 Å². The van der Waals surface area contributed by atoms with E-state index in [2.05, 4.69) is 12.2 Å². The SMILES string of the molecule is C[C@H](CNC(=O)c1ccc(N(Cc2ccccc2)S(C)(=O)=O)cc1)c1ccccc1. The fraction of sp³-hybridized carbons (Fsp3) is 0.208. The Morgan fingerprint density at radius 3 is 2.03 bits per heavy atom. The van der Waals surface area contributed by atoms with E-state index in [1.807, 2.05) is 60.7 Å². The van der Waals surface area contributed by atoms with E-state index < -0.39 is 10.0 Å². The van der Waals surface area contributed by atoms with Crippen LogP contribution in [0.4, 0.5) is 5.69 Å². The normalized spacial score (nSPS) is 12.2. The van der Waals surface area contributed by atoms with Gasteiger partial charge in [0, 0.05) is 12.1 Å². The van der Waals surface area contributed by atoms with E-state index in [-0.39, 0.29) is 18.4 Å². The van der Waals surface area contributed by atoms with Crippen LogP contribution in [0.15, 0.2) is 84.9 Å². The molecule has 3 rings (SSSR count). The molecule has 0 aliphatic heterocycles. The number of anilines is 1. The minimum absolute atomic E-state index is 0.182. The first-order valence-corrected chi connectivity index (χ1v) is 11.6. The number of carbonyl (C=O) groups excluding carboxylic acids is 1. The summed E-state index contributed by atoms with van der Waals surface area (Å²) in [5, 5.41) is 2.95. The summed E-state index contributed by atoms with van der Waals surface area (Å²) < 4.78 is 26.0. The second-order valence-corrected chi connectivity index (χ2v) is 9.23. The summed E-state index contributed by atoms with van der Waals surface area (Å²) in [6.07, 6.45) is 1.18. The van der Waals surface area contributed by atoms with E-state index in [1.165, 1.54) is 10.6 Å². The van der Waals surface area contributed by atoms with E-state index in [1.54, 1.807) is 24.3 Å². The number of hydrogen-bond donors (Lipinski definition) is 1. The topological polar surface area (TPSA) is 66.5 Å². The van der Waals surface area contributed by atoms with Crippen molar-refractivity contribution in [3.8, 4) is 0 Å². The fourth-order valence-electron chi connectivity index (χ4n) is 3.18. The smallest absolute Gasteiger partial charge is 0.251 e. The van der Waals surface area contributed by atoms with Crippen LogP contribution in [0.3, 0.4) is 0 Å². The van der Waals surface area contributed by atoms with Crippen molar-refractivity contribution in [2.75, 3.05) is 17.1 Å². The maximum atomic E-state index is 12.5. The quantitative estimate of drug-likeness (QED) is 0.592. The van der Waals surface area contributed by atoms with Crippen molar-refractivity contribution < 1.29 is 13.2 Å². The molecule has 6 heteroatoms. The molecule has 1 atom stereocenters. The van der Waals surface area contributed by atoms with Crippen LogP contribution in [-0.2, 0) is 16.6 Å². The molecule has 0 heterocycles. The van der Waals surface area contributed by atoms with Gasteiger partial charge in [0.05, 0.1) is 18.5 Å². The first kappa shape index (κ1) is 21.6. The van der Waals surface area contributed by atoms with Gasteiger partial charge >= 0.3 is 0 Å². The highest BCUT2D eigenvalue weighted by Gasteiger charge is 2.18. The third kappa shape index (κ3) is 5.70. The lowest BCUT2D eigenvalue weighted by Crippen LogP contribution is -2.30. The van der Waals surface area contributed by atoms with Crippen molar-refractivity contribution in [2.24, 2.45) is 0 Å². The number of nitrogens with zero attached hydrogens (tertiary/aromatic N) is 1. The molecular formula is C24H26N2O3S. The van der Waals surface area contributed by atoms with Crippen molar-refractivity contribution >= 4 is 21.6 Å². The van der Waals surface area contributed by atoms with Gasteiger partial charge in [-0.15, -0.1) is 0 Å². The van der Waals surface area contributed by atoms with Crippen molar-refractivity contribution in [1.82, 2.24) is 5.32 Å². The molecule has 0 spiro atoms. The predicted octanol–water partition coefficient (Wildman–Crippen LogP) is 4.19. The van der Waals surface area contributed by atoms with E-state index in [4.69, 9.17) is 0 Å². The number of benzene rings is 3. The second-order valence-electron chi connectivity index (χ2n) is 7.32. The number of rotatable bonds is 8. The second kappa shape index (κ2) is 9.59. The molecule has 0 radical (unpaired) electrons. The minimum Gasteiger partial charge on any atom is -0.351 e. The molecule has 0 bridgehead atoms. The van der Waals surface area contributed by atoms with Crippen LogP contribution in [0, 0.1) is 0 Å². The molecule has 156 valence electrons. The van der Waals surface area contributed by atoms with Crippen molar-refractivity contribution in [3.63, 3.8) is 0 Å². The molecule has 0 fully saturated rings. The third-order valence-corrected chi connectivity index (χ3v) is 6.06. The first-order chi connectivity index (χ1) is 14.3. The summed E-state index contributed by atoms with van der Waals surface area (Å²) in [4.78, 5) is 12.5. The zero-order valence-electron chi connectivity index (χ0n) is 17.2. The highest BCUT2D eigenvalue weighted by Crippen LogP contribution is 2.21. The highest BCUT2D eigenvalue weighted by atomic mass is 32.2. The van der Waals surface area contributed by atoms with E-state index in [9.17, 15) is 13.2 Å². The van der Waals surface area contributed by atoms with Gasteiger partial charge in [0.1, 0.15) is 0 Å². The van der Waals surface area contributed by atoms with Crippen LogP contribution < -0.4 is 9.62 Å². The van der Waals surface area contributed by atoms with Crippen molar-refractivity contribution in [1.29, 1.82) is 0 Å². The Morgan fingerprint density at radius 2 is 1.47 bits per heavy atom. The van der Waals surface area contributed by atoms with E-state index in [0.29, 0.717) is 17.8 Å². The molecular weight excluding hydrogens is 396 g/mol. The molecule has 1 amide bonds. The minimum atomic E-state index is -3.47. The summed E-state index contributed by atoms with van der Waals surface area (Å²) in [5.41, 5.74) is 3.07. The van der Waals surface area contributed by atoms with Gasteiger partial charge in [-0.05, 0) is 41.3 Å². The lowest BCUT2D eigenvalue weighted by molar-refractivity contribution is 0.0951. The van der Waals surface area contributed by atoms with Crippen LogP contribution in [-0.4, -0.2) is 27.1 Å². The molecule has 3 aromatic carbocycles. The largest absolute Gasteiger partial charge is 0.351 e. The molecule has 5 nitrogen and oxygen atoms in total. The number of nitrogens with one attached hydrogen (secondary N) is 1. The monoisotopic (exact) mass is 422 g/mol. The molecule has 0 aliphatic carbocycles. The summed E-state index contributed by atoms with van der Waals surface area (Å²) in [7, 11) is -3.47. The average molecular weight is 423 g/mol. The predicted molar refractivity (Wildman–Crippen MR) is 121 cm³/mol. The molecule has 1 N–H and O–H groups in total. The maximum absolute atomic E-state index is 12.5. The standard InChI is InChI=1S/C24H26N2O3S/c1-19(21-11-7-4-8-12-21)17-25-24(27)22-13-15-23(16-14-22)26(30(2,28)29)18-20-9-5-3-6-10-20/h3-16,19H,17-18H2,1-2H3,(H,25,27)/t19-/m1/s1. The molecule has 30 heavy (non-hydrogen) atoms. The van der Waals surface area contributed by atoms with E-state index >= 15 is 0 Å². The average Bonchev–Trinajstić information content (AvgIpc) is 2.76. The molecule has 3 aromatic rings. The van der Waals surface area contributed by atoms with Crippen molar-refractivity contribution in [3.05, 3.63) is 102 Å². The summed E-state index contributed by atoms with van der Waals surface area (Å²) in [5.74, 6) is 0.0133. The van der Waals surface area contributed by atoms with Crippen LogP contribution in [0.1, 0.15) is 34.3 Å². The molecule has 0 aliphatic rings. The highest BCUT2D eigenvalue weighted by molar-refractivity contribution is 7.92.